The van der Waals surface area contributed by atoms with E-state index in [2.05, 4.69) is 6.92 Å². The van der Waals surface area contributed by atoms with Crippen LogP contribution in [0, 0.1) is 5.92 Å². The van der Waals surface area contributed by atoms with Gasteiger partial charge in [0.05, 0.1) is 0 Å². The minimum atomic E-state index is -4.10. The van der Waals surface area contributed by atoms with Crippen LogP contribution >= 0.6 is 10.7 Å². The van der Waals surface area contributed by atoms with Gasteiger partial charge in [-0.3, -0.25) is 0 Å². The van der Waals surface area contributed by atoms with Crippen molar-refractivity contribution >= 4 is 29.8 Å². The predicted octanol–water partition coefficient (Wildman–Crippen LogP) is 2.42. The van der Waals surface area contributed by atoms with E-state index in [-0.39, 0.29) is 9.79 Å². The van der Waals surface area contributed by atoms with Gasteiger partial charge in [0.1, 0.15) is 9.79 Å². The molecule has 118 valence electrons. The Morgan fingerprint density at radius 3 is 2.38 bits per heavy atom. The van der Waals surface area contributed by atoms with Crippen molar-refractivity contribution in [2.75, 3.05) is 13.1 Å². The van der Waals surface area contributed by atoms with E-state index in [0.29, 0.717) is 19.0 Å². The number of nitrogens with zero attached hydrogens (tertiary/aromatic N) is 1. The Morgan fingerprint density at radius 2 is 1.81 bits per heavy atom. The summed E-state index contributed by atoms with van der Waals surface area (Å²) in [6.45, 7) is 2.92. The zero-order valence-corrected chi connectivity index (χ0v) is 14.1. The molecule has 1 heterocycles. The van der Waals surface area contributed by atoms with Crippen LogP contribution in [0.25, 0.3) is 0 Å². The van der Waals surface area contributed by atoms with Crippen LogP contribution < -0.4 is 0 Å². The van der Waals surface area contributed by atoms with Crippen molar-refractivity contribution in [3.8, 4) is 0 Å². The van der Waals surface area contributed by atoms with E-state index in [1.165, 1.54) is 28.6 Å². The van der Waals surface area contributed by atoms with Gasteiger partial charge in [0.15, 0.2) is 0 Å². The summed E-state index contributed by atoms with van der Waals surface area (Å²) >= 11 is 0. The van der Waals surface area contributed by atoms with Gasteiger partial charge in [0.25, 0.3) is 9.05 Å². The van der Waals surface area contributed by atoms with Crippen molar-refractivity contribution < 1.29 is 16.8 Å². The Bertz CT molecular complexity index is 715. The van der Waals surface area contributed by atoms with E-state index in [1.54, 1.807) is 0 Å². The molecule has 0 N–H and O–H groups in total. The monoisotopic (exact) mass is 351 g/mol. The van der Waals surface area contributed by atoms with E-state index in [9.17, 15) is 16.8 Å². The van der Waals surface area contributed by atoms with Crippen molar-refractivity contribution in [2.45, 2.75) is 36.0 Å². The van der Waals surface area contributed by atoms with E-state index in [4.69, 9.17) is 10.7 Å². The highest BCUT2D eigenvalue weighted by Gasteiger charge is 2.35. The molecule has 1 atom stereocenters. The SMILES string of the molecule is CCCC1CCN(S(=O)(=O)c2ccccc2S(=O)(=O)Cl)C1. The second kappa shape index (κ2) is 6.24. The standard InChI is InChI=1S/C13H18ClNO4S2/c1-2-5-11-8-9-15(10-11)21(18,19)13-7-4-3-6-12(13)20(14,16)17/h3-4,6-7,11H,2,5,8-10H2,1H3. The summed E-state index contributed by atoms with van der Waals surface area (Å²) in [6.07, 6.45) is 2.79. The molecule has 1 unspecified atom stereocenters. The maximum Gasteiger partial charge on any atom is 0.262 e. The fourth-order valence-electron chi connectivity index (χ4n) is 2.66. The quantitative estimate of drug-likeness (QED) is 0.764. The third-order valence-electron chi connectivity index (χ3n) is 3.68. The highest BCUT2D eigenvalue weighted by Crippen LogP contribution is 2.31. The first-order valence-electron chi connectivity index (χ1n) is 6.80. The topological polar surface area (TPSA) is 71.5 Å². The minimum Gasteiger partial charge on any atom is -0.207 e. The van der Waals surface area contributed by atoms with E-state index in [0.717, 1.165) is 19.3 Å². The van der Waals surface area contributed by atoms with Gasteiger partial charge < -0.3 is 0 Å². The molecule has 0 saturated carbocycles. The van der Waals surface area contributed by atoms with Gasteiger partial charge >= 0.3 is 0 Å². The highest BCUT2D eigenvalue weighted by molar-refractivity contribution is 8.14. The molecule has 0 aliphatic carbocycles. The first-order valence-corrected chi connectivity index (χ1v) is 10.6. The Hall–Kier alpha value is -0.630. The zero-order chi connectivity index (χ0) is 15.7. The van der Waals surface area contributed by atoms with Crippen molar-refractivity contribution in [2.24, 2.45) is 5.92 Å². The Balaban J connectivity index is 2.38. The lowest BCUT2D eigenvalue weighted by atomic mass is 10.0. The van der Waals surface area contributed by atoms with Gasteiger partial charge in [0, 0.05) is 23.8 Å². The molecular weight excluding hydrogens is 334 g/mol. The Labute approximate surface area is 130 Å². The van der Waals surface area contributed by atoms with Crippen LogP contribution in [-0.2, 0) is 19.1 Å². The molecule has 0 radical (unpaired) electrons. The molecule has 1 aromatic carbocycles. The first kappa shape index (κ1) is 16.7. The molecule has 2 rings (SSSR count). The van der Waals surface area contributed by atoms with Crippen LogP contribution in [0.4, 0.5) is 0 Å². The van der Waals surface area contributed by atoms with E-state index >= 15 is 0 Å². The molecule has 1 saturated heterocycles. The molecule has 1 aliphatic rings. The molecule has 1 aromatic rings. The molecule has 21 heavy (non-hydrogen) atoms. The van der Waals surface area contributed by atoms with Gasteiger partial charge in [-0.25, -0.2) is 16.8 Å². The fourth-order valence-corrected chi connectivity index (χ4v) is 6.00. The fraction of sp³-hybridized carbons (Fsp3) is 0.538. The summed E-state index contributed by atoms with van der Waals surface area (Å²) in [5.74, 6) is 0.338. The average molecular weight is 352 g/mol. The molecule has 1 fully saturated rings. The number of benzene rings is 1. The summed E-state index contributed by atoms with van der Waals surface area (Å²) in [7, 11) is -2.59. The Kier molecular flexibility index (Phi) is 4.97. The maximum atomic E-state index is 12.7. The van der Waals surface area contributed by atoms with Gasteiger partial charge in [-0.15, -0.1) is 0 Å². The molecular formula is C13H18ClNO4S2. The molecule has 0 amide bonds. The summed E-state index contributed by atoms with van der Waals surface area (Å²) in [4.78, 5) is -0.595. The molecule has 8 heteroatoms. The second-order valence-electron chi connectivity index (χ2n) is 5.19. The maximum absolute atomic E-state index is 12.7. The van der Waals surface area contributed by atoms with Crippen LogP contribution in [0.3, 0.4) is 0 Å². The molecule has 5 nitrogen and oxygen atoms in total. The molecule has 0 spiro atoms. The lowest BCUT2D eigenvalue weighted by Crippen LogP contribution is -2.29. The van der Waals surface area contributed by atoms with Crippen LogP contribution in [0.1, 0.15) is 26.2 Å². The highest BCUT2D eigenvalue weighted by atomic mass is 35.7. The smallest absolute Gasteiger partial charge is 0.207 e. The number of halogens is 1. The van der Waals surface area contributed by atoms with Gasteiger partial charge in [-0.1, -0.05) is 25.5 Å². The third kappa shape index (κ3) is 3.59. The van der Waals surface area contributed by atoms with Crippen molar-refractivity contribution in [1.29, 1.82) is 0 Å². The van der Waals surface area contributed by atoms with Crippen LogP contribution in [0.15, 0.2) is 34.1 Å². The van der Waals surface area contributed by atoms with Crippen LogP contribution in [-0.4, -0.2) is 34.2 Å². The Morgan fingerprint density at radius 1 is 1.19 bits per heavy atom. The van der Waals surface area contributed by atoms with Gasteiger partial charge in [-0.05, 0) is 30.9 Å². The lowest BCUT2D eigenvalue weighted by molar-refractivity contribution is 0.443. The van der Waals surface area contributed by atoms with Gasteiger partial charge in [0.2, 0.25) is 10.0 Å². The largest absolute Gasteiger partial charge is 0.262 e. The molecule has 1 aliphatic heterocycles. The molecule has 0 bridgehead atoms. The summed E-state index contributed by atoms with van der Waals surface area (Å²) in [5, 5.41) is 0. The number of hydrogen-bond acceptors (Lipinski definition) is 4. The third-order valence-corrected chi connectivity index (χ3v) is 7.11. The zero-order valence-electron chi connectivity index (χ0n) is 11.7. The summed E-state index contributed by atoms with van der Waals surface area (Å²) < 4.78 is 49.8. The average Bonchev–Trinajstić information content (AvgIpc) is 2.87. The van der Waals surface area contributed by atoms with E-state index < -0.39 is 19.1 Å². The first-order chi connectivity index (χ1) is 9.76. The second-order valence-corrected chi connectivity index (χ2v) is 9.63. The minimum absolute atomic E-state index is 0.239. The summed E-state index contributed by atoms with van der Waals surface area (Å²) in [5.41, 5.74) is 0. The predicted molar refractivity (Wildman–Crippen MR) is 81.3 cm³/mol. The number of rotatable bonds is 5. The lowest BCUT2D eigenvalue weighted by Gasteiger charge is -2.18. The van der Waals surface area contributed by atoms with Crippen LogP contribution in [0.5, 0.6) is 0 Å². The number of hydrogen-bond donors (Lipinski definition) is 0. The molecule has 0 aromatic heterocycles. The summed E-state index contributed by atoms with van der Waals surface area (Å²) in [6, 6.07) is 5.46. The van der Waals surface area contributed by atoms with Crippen LogP contribution in [0.2, 0.25) is 0 Å². The van der Waals surface area contributed by atoms with Crippen molar-refractivity contribution in [1.82, 2.24) is 4.31 Å². The van der Waals surface area contributed by atoms with E-state index in [1.807, 2.05) is 0 Å². The number of sulfonamides is 1. The van der Waals surface area contributed by atoms with Gasteiger partial charge in [-0.2, -0.15) is 4.31 Å². The van der Waals surface area contributed by atoms with Crippen molar-refractivity contribution in [3.63, 3.8) is 0 Å². The normalized spacial score (nSPS) is 20.8. The van der Waals surface area contributed by atoms with Crippen molar-refractivity contribution in [3.05, 3.63) is 24.3 Å².